The number of rotatable bonds is 6. The van der Waals surface area contributed by atoms with Crippen LogP contribution in [0.5, 0.6) is 0 Å². The molecule has 10 heteroatoms. The van der Waals surface area contributed by atoms with Crippen LogP contribution in [-0.2, 0) is 11.0 Å². The van der Waals surface area contributed by atoms with E-state index in [0.717, 1.165) is 31.5 Å². The Balaban J connectivity index is 0.00000312. The molecule has 26 heavy (non-hydrogen) atoms. The van der Waals surface area contributed by atoms with E-state index >= 15 is 0 Å². The van der Waals surface area contributed by atoms with Gasteiger partial charge < -0.3 is 16.4 Å². The van der Waals surface area contributed by atoms with E-state index < -0.39 is 17.3 Å². The van der Waals surface area contributed by atoms with Crippen molar-refractivity contribution in [1.29, 1.82) is 0 Å². The Bertz CT molecular complexity index is 549. The third-order valence-electron chi connectivity index (χ3n) is 4.23. The van der Waals surface area contributed by atoms with E-state index in [-0.39, 0.29) is 30.7 Å². The smallest absolute Gasteiger partial charge is 0.370 e. The average Bonchev–Trinajstić information content (AvgIpc) is 2.54. The molecule has 1 heterocycles. The molecule has 1 aliphatic rings. The maximum atomic E-state index is 12.4. The van der Waals surface area contributed by atoms with Crippen LogP contribution in [0.1, 0.15) is 44.1 Å². The number of pyridine rings is 1. The van der Waals surface area contributed by atoms with E-state index in [1.54, 1.807) is 0 Å². The van der Waals surface area contributed by atoms with Crippen molar-refractivity contribution in [1.82, 2.24) is 10.3 Å². The minimum atomic E-state index is -4.38. The van der Waals surface area contributed by atoms with E-state index in [1.807, 2.05) is 0 Å². The van der Waals surface area contributed by atoms with Gasteiger partial charge in [-0.25, -0.2) is 4.98 Å². The van der Waals surface area contributed by atoms with E-state index in [4.69, 9.17) is 5.73 Å². The number of nitrogens with zero attached hydrogens (tertiary/aromatic N) is 1. The van der Waals surface area contributed by atoms with Crippen molar-refractivity contribution in [3.8, 4) is 0 Å². The summed E-state index contributed by atoms with van der Waals surface area (Å²) >= 11 is 0. The molecule has 1 amide bonds. The molecule has 2 rings (SSSR count). The van der Waals surface area contributed by atoms with Gasteiger partial charge in [-0.2, -0.15) is 13.2 Å². The van der Waals surface area contributed by atoms with E-state index in [0.29, 0.717) is 38.2 Å². The fourth-order valence-electron chi connectivity index (χ4n) is 2.76. The minimum Gasteiger partial charge on any atom is -0.370 e. The van der Waals surface area contributed by atoms with Gasteiger partial charge in [-0.15, -0.1) is 24.8 Å². The number of nitrogens with two attached hydrogens (primary N) is 1. The number of anilines is 1. The molecule has 0 spiro atoms. The van der Waals surface area contributed by atoms with Crippen LogP contribution in [0.3, 0.4) is 0 Å². The quantitative estimate of drug-likeness (QED) is 0.619. The zero-order valence-electron chi connectivity index (χ0n) is 14.3. The van der Waals surface area contributed by atoms with Crippen molar-refractivity contribution in [3.05, 3.63) is 23.9 Å². The summed E-state index contributed by atoms with van der Waals surface area (Å²) in [6.07, 6.45) is 1.55. The second kappa shape index (κ2) is 10.8. The lowest BCUT2D eigenvalue weighted by Gasteiger charge is -2.31. The highest BCUT2D eigenvalue weighted by Crippen LogP contribution is 2.29. The van der Waals surface area contributed by atoms with Gasteiger partial charge in [0.05, 0.1) is 11.1 Å². The normalized spacial score (nSPS) is 16.0. The van der Waals surface area contributed by atoms with Gasteiger partial charge in [0.25, 0.3) is 0 Å². The van der Waals surface area contributed by atoms with Crippen LogP contribution < -0.4 is 16.4 Å². The molecule has 0 saturated heterocycles. The Morgan fingerprint density at radius 2 is 1.81 bits per heavy atom. The predicted octanol–water partition coefficient (Wildman–Crippen LogP) is 3.52. The number of aromatic nitrogens is 1. The maximum Gasteiger partial charge on any atom is 0.417 e. The summed E-state index contributed by atoms with van der Waals surface area (Å²) in [6.45, 7) is 0.960. The van der Waals surface area contributed by atoms with Crippen LogP contribution >= 0.6 is 24.8 Å². The number of alkyl halides is 3. The van der Waals surface area contributed by atoms with Gasteiger partial charge in [0.15, 0.2) is 0 Å². The van der Waals surface area contributed by atoms with Gasteiger partial charge in [-0.3, -0.25) is 4.79 Å². The van der Waals surface area contributed by atoms with Crippen molar-refractivity contribution in [2.45, 2.75) is 50.2 Å². The van der Waals surface area contributed by atoms with Crippen molar-refractivity contribution in [3.63, 3.8) is 0 Å². The highest BCUT2D eigenvalue weighted by atomic mass is 35.5. The predicted molar refractivity (Wildman–Crippen MR) is 99.9 cm³/mol. The van der Waals surface area contributed by atoms with E-state index in [2.05, 4.69) is 15.6 Å². The summed E-state index contributed by atoms with van der Waals surface area (Å²) in [5, 5.41) is 5.76. The van der Waals surface area contributed by atoms with Gasteiger partial charge in [0.1, 0.15) is 5.82 Å². The second-order valence-electron chi connectivity index (χ2n) is 6.18. The van der Waals surface area contributed by atoms with Crippen LogP contribution in [0.4, 0.5) is 19.0 Å². The third-order valence-corrected chi connectivity index (χ3v) is 4.23. The first-order valence-corrected chi connectivity index (χ1v) is 8.16. The van der Waals surface area contributed by atoms with Crippen molar-refractivity contribution in [2.75, 3.05) is 18.4 Å². The lowest BCUT2D eigenvalue weighted by atomic mass is 9.82. The Labute approximate surface area is 163 Å². The lowest BCUT2D eigenvalue weighted by Crippen LogP contribution is -2.55. The fraction of sp³-hybridized carbons (Fsp3) is 0.625. The molecule has 0 bridgehead atoms. The Morgan fingerprint density at radius 3 is 2.35 bits per heavy atom. The molecule has 0 atom stereocenters. The Kier molecular flexibility index (Phi) is 10.3. The summed E-state index contributed by atoms with van der Waals surface area (Å²) < 4.78 is 37.3. The van der Waals surface area contributed by atoms with E-state index in [1.165, 1.54) is 6.07 Å². The number of hydrogen-bond donors (Lipinski definition) is 3. The summed E-state index contributed by atoms with van der Waals surface area (Å²) in [6, 6.07) is 2.27. The molecule has 4 N–H and O–H groups in total. The van der Waals surface area contributed by atoms with Crippen LogP contribution in [0.15, 0.2) is 18.3 Å². The second-order valence-corrected chi connectivity index (χ2v) is 6.18. The summed E-state index contributed by atoms with van der Waals surface area (Å²) in [5.74, 6) is 0.256. The van der Waals surface area contributed by atoms with Gasteiger partial charge in [-0.1, -0.05) is 19.3 Å². The van der Waals surface area contributed by atoms with Crippen LogP contribution in [-0.4, -0.2) is 29.5 Å². The highest BCUT2D eigenvalue weighted by molar-refractivity contribution is 5.86. The number of amides is 1. The molecule has 1 fully saturated rings. The average molecular weight is 417 g/mol. The molecule has 5 nitrogen and oxygen atoms in total. The van der Waals surface area contributed by atoms with Gasteiger partial charge >= 0.3 is 6.18 Å². The molecule has 1 aromatic heterocycles. The number of carbonyl (C=O) groups is 1. The molecule has 1 saturated carbocycles. The molecular formula is C16H25Cl2F3N4O. The molecule has 1 aliphatic carbocycles. The summed E-state index contributed by atoms with van der Waals surface area (Å²) in [4.78, 5) is 15.8. The summed E-state index contributed by atoms with van der Waals surface area (Å²) in [7, 11) is 0. The van der Waals surface area contributed by atoms with Crippen LogP contribution in [0.2, 0.25) is 0 Å². The van der Waals surface area contributed by atoms with Gasteiger partial charge in [0, 0.05) is 19.3 Å². The van der Waals surface area contributed by atoms with Crippen LogP contribution in [0, 0.1) is 0 Å². The molecule has 0 unspecified atom stereocenters. The zero-order chi connectivity index (χ0) is 17.6. The first kappa shape index (κ1) is 24.8. The SMILES string of the molecule is Cl.Cl.NC1(C(=O)NCCCNc2ccc(C(F)(F)F)cn2)CCCCC1. The topological polar surface area (TPSA) is 80.0 Å². The molecule has 0 radical (unpaired) electrons. The first-order valence-electron chi connectivity index (χ1n) is 8.16. The Morgan fingerprint density at radius 1 is 1.15 bits per heavy atom. The molecule has 0 aliphatic heterocycles. The number of nitrogens with one attached hydrogen (secondary N) is 2. The Hall–Kier alpha value is -1.25. The fourth-order valence-corrected chi connectivity index (χ4v) is 2.76. The van der Waals surface area contributed by atoms with Gasteiger partial charge in [-0.05, 0) is 31.4 Å². The summed E-state index contributed by atoms with van der Waals surface area (Å²) in [5.41, 5.74) is 4.60. The highest BCUT2D eigenvalue weighted by Gasteiger charge is 2.34. The van der Waals surface area contributed by atoms with Crippen molar-refractivity contribution in [2.24, 2.45) is 5.73 Å². The van der Waals surface area contributed by atoms with Crippen molar-refractivity contribution < 1.29 is 18.0 Å². The van der Waals surface area contributed by atoms with E-state index in [9.17, 15) is 18.0 Å². The van der Waals surface area contributed by atoms with Gasteiger partial charge in [0.2, 0.25) is 5.91 Å². The molecular weight excluding hydrogens is 392 g/mol. The number of halogens is 5. The van der Waals surface area contributed by atoms with Crippen LogP contribution in [0.25, 0.3) is 0 Å². The number of carbonyl (C=O) groups excluding carboxylic acids is 1. The monoisotopic (exact) mass is 416 g/mol. The first-order chi connectivity index (χ1) is 11.3. The lowest BCUT2D eigenvalue weighted by molar-refractivity contribution is -0.137. The minimum absolute atomic E-state index is 0. The zero-order valence-corrected chi connectivity index (χ0v) is 15.9. The molecule has 1 aromatic rings. The third kappa shape index (κ3) is 7.17. The number of hydrogen-bond acceptors (Lipinski definition) is 4. The maximum absolute atomic E-state index is 12.4. The molecule has 150 valence electrons. The largest absolute Gasteiger partial charge is 0.417 e. The molecule has 0 aromatic carbocycles. The van der Waals surface area contributed by atoms with Crippen molar-refractivity contribution >= 4 is 36.5 Å². The standard InChI is InChI=1S/C16H23F3N4O.2ClH/c17-16(18,19)12-5-6-13(23-11-12)21-9-4-10-22-14(24)15(20)7-2-1-3-8-15;;/h5-6,11H,1-4,7-10,20H2,(H,21,23)(H,22,24);2*1H.